The highest BCUT2D eigenvalue weighted by Crippen LogP contribution is 2.39. The Morgan fingerprint density at radius 3 is 0.825 bits per heavy atom. The van der Waals surface area contributed by atoms with Gasteiger partial charge in [-0.15, -0.1) is 0 Å². The van der Waals surface area contributed by atoms with E-state index in [9.17, 15) is 0 Å². The van der Waals surface area contributed by atoms with Crippen molar-refractivity contribution in [3.8, 4) is 0 Å². The molecular weight excluding hydrogens is 484 g/mol. The van der Waals surface area contributed by atoms with Crippen LogP contribution in [0.3, 0.4) is 0 Å². The van der Waals surface area contributed by atoms with E-state index in [4.69, 9.17) is 0 Å². The highest BCUT2D eigenvalue weighted by molar-refractivity contribution is 6.01. The summed E-state index contributed by atoms with van der Waals surface area (Å²) in [7, 11) is 0. The maximum absolute atomic E-state index is 2.31. The summed E-state index contributed by atoms with van der Waals surface area (Å²) in [6.45, 7) is 0. The topological polar surface area (TPSA) is 6.48 Å². The SMILES string of the molecule is c1ccc(N(c2ccccc2)c2ccc3cc4cc(N(c5ccccc5)c5ccccc5)ccc4cc3c2)cc1. The molecular formula is C38H28N2. The van der Waals surface area contributed by atoms with E-state index in [1.54, 1.807) is 0 Å². The normalized spacial score (nSPS) is 11.0. The zero-order valence-electron chi connectivity index (χ0n) is 22.1. The third kappa shape index (κ3) is 4.57. The van der Waals surface area contributed by atoms with Gasteiger partial charge in [0, 0.05) is 34.1 Å². The van der Waals surface area contributed by atoms with Crippen molar-refractivity contribution < 1.29 is 0 Å². The predicted molar refractivity (Wildman–Crippen MR) is 171 cm³/mol. The minimum Gasteiger partial charge on any atom is -0.310 e. The average Bonchev–Trinajstić information content (AvgIpc) is 3.02. The molecule has 7 rings (SSSR count). The van der Waals surface area contributed by atoms with Crippen LogP contribution in [0.4, 0.5) is 34.1 Å². The summed E-state index contributed by atoms with van der Waals surface area (Å²) in [6.07, 6.45) is 0. The summed E-state index contributed by atoms with van der Waals surface area (Å²) in [6, 6.07) is 60.3. The molecule has 0 aliphatic heterocycles. The second-order valence-corrected chi connectivity index (χ2v) is 9.93. The van der Waals surface area contributed by atoms with Gasteiger partial charge in [-0.1, -0.05) is 84.9 Å². The van der Waals surface area contributed by atoms with Gasteiger partial charge in [0.05, 0.1) is 0 Å². The number of anilines is 6. The van der Waals surface area contributed by atoms with Crippen molar-refractivity contribution >= 4 is 55.7 Å². The van der Waals surface area contributed by atoms with Crippen LogP contribution >= 0.6 is 0 Å². The summed E-state index contributed by atoms with van der Waals surface area (Å²) in [5, 5.41) is 4.89. The maximum atomic E-state index is 2.31. The van der Waals surface area contributed by atoms with E-state index < -0.39 is 0 Å². The van der Waals surface area contributed by atoms with Gasteiger partial charge in [0.1, 0.15) is 0 Å². The molecule has 0 amide bonds. The molecule has 0 aliphatic rings. The van der Waals surface area contributed by atoms with E-state index in [1.165, 1.54) is 21.5 Å². The molecule has 7 aromatic rings. The predicted octanol–water partition coefficient (Wildman–Crippen LogP) is 10.9. The first-order chi connectivity index (χ1) is 19.8. The number of fused-ring (bicyclic) bond motifs is 2. The number of rotatable bonds is 6. The fourth-order valence-corrected chi connectivity index (χ4v) is 5.45. The standard InChI is InChI=1S/C38H28N2/c1-5-13-33(14-6-1)39(34-15-7-2-8-16-34)37-23-21-29-26-32-28-38(24-22-30(32)25-31(29)27-37)40(35-17-9-3-10-18-35)36-19-11-4-12-20-36/h1-28H. The second kappa shape index (κ2) is 10.4. The molecule has 0 N–H and O–H groups in total. The lowest BCUT2D eigenvalue weighted by atomic mass is 10.0. The average molecular weight is 513 g/mol. The second-order valence-electron chi connectivity index (χ2n) is 9.93. The van der Waals surface area contributed by atoms with Crippen molar-refractivity contribution in [2.24, 2.45) is 0 Å². The minimum atomic E-state index is 1.14. The van der Waals surface area contributed by atoms with Crippen LogP contribution in [0.1, 0.15) is 0 Å². The number of nitrogens with zero attached hydrogens (tertiary/aromatic N) is 2. The fraction of sp³-hybridized carbons (Fsp3) is 0. The van der Waals surface area contributed by atoms with Gasteiger partial charge in [-0.05, 0) is 106 Å². The molecule has 0 unspecified atom stereocenters. The summed E-state index contributed by atoms with van der Waals surface area (Å²) < 4.78 is 0. The van der Waals surface area contributed by atoms with Gasteiger partial charge in [0.2, 0.25) is 0 Å². The van der Waals surface area contributed by atoms with E-state index in [-0.39, 0.29) is 0 Å². The highest BCUT2D eigenvalue weighted by Gasteiger charge is 2.14. The Bertz CT molecular complexity index is 1660. The van der Waals surface area contributed by atoms with Crippen molar-refractivity contribution in [3.63, 3.8) is 0 Å². The molecule has 0 aromatic heterocycles. The Kier molecular flexibility index (Phi) is 6.20. The summed E-state index contributed by atoms with van der Waals surface area (Å²) >= 11 is 0. The fourth-order valence-electron chi connectivity index (χ4n) is 5.45. The van der Waals surface area contributed by atoms with Crippen LogP contribution in [-0.2, 0) is 0 Å². The third-order valence-electron chi connectivity index (χ3n) is 7.34. The Hall–Kier alpha value is -5.34. The smallest absolute Gasteiger partial charge is 0.0468 e. The number of benzene rings is 7. The Morgan fingerprint density at radius 2 is 0.525 bits per heavy atom. The van der Waals surface area contributed by atoms with E-state index in [0.717, 1.165) is 34.1 Å². The van der Waals surface area contributed by atoms with Gasteiger partial charge in [0.25, 0.3) is 0 Å². The highest BCUT2D eigenvalue weighted by atomic mass is 15.1. The molecule has 0 saturated carbocycles. The quantitative estimate of drug-likeness (QED) is 0.204. The molecule has 0 radical (unpaired) electrons. The molecule has 0 spiro atoms. The lowest BCUT2D eigenvalue weighted by Crippen LogP contribution is -2.09. The zero-order chi connectivity index (χ0) is 26.7. The van der Waals surface area contributed by atoms with Gasteiger partial charge < -0.3 is 9.80 Å². The van der Waals surface area contributed by atoms with Crippen LogP contribution in [-0.4, -0.2) is 0 Å². The van der Waals surface area contributed by atoms with Gasteiger partial charge in [-0.2, -0.15) is 0 Å². The molecule has 0 heterocycles. The van der Waals surface area contributed by atoms with E-state index in [0.29, 0.717) is 0 Å². The summed E-state index contributed by atoms with van der Waals surface area (Å²) in [4.78, 5) is 4.62. The minimum absolute atomic E-state index is 1.14. The molecule has 190 valence electrons. The molecule has 0 atom stereocenters. The van der Waals surface area contributed by atoms with Crippen LogP contribution < -0.4 is 9.80 Å². The molecule has 0 saturated heterocycles. The van der Waals surface area contributed by atoms with Gasteiger partial charge in [-0.25, -0.2) is 0 Å². The van der Waals surface area contributed by atoms with Gasteiger partial charge in [-0.3, -0.25) is 0 Å². The zero-order valence-corrected chi connectivity index (χ0v) is 22.1. The van der Waals surface area contributed by atoms with Crippen LogP contribution in [0.2, 0.25) is 0 Å². The van der Waals surface area contributed by atoms with Crippen LogP contribution in [0.25, 0.3) is 21.5 Å². The Balaban J connectivity index is 1.33. The maximum Gasteiger partial charge on any atom is 0.0468 e. The molecule has 7 aromatic carbocycles. The van der Waals surface area contributed by atoms with E-state index in [2.05, 4.69) is 180 Å². The van der Waals surface area contributed by atoms with Gasteiger partial charge in [0.15, 0.2) is 0 Å². The van der Waals surface area contributed by atoms with Crippen molar-refractivity contribution in [2.75, 3.05) is 9.80 Å². The lowest BCUT2D eigenvalue weighted by molar-refractivity contribution is 1.29. The molecule has 0 fully saturated rings. The third-order valence-corrected chi connectivity index (χ3v) is 7.34. The van der Waals surface area contributed by atoms with Crippen LogP contribution in [0.15, 0.2) is 170 Å². The van der Waals surface area contributed by atoms with E-state index in [1.807, 2.05) is 0 Å². The van der Waals surface area contributed by atoms with Crippen molar-refractivity contribution in [1.29, 1.82) is 0 Å². The molecule has 0 bridgehead atoms. The molecule has 2 nitrogen and oxygen atoms in total. The lowest BCUT2D eigenvalue weighted by Gasteiger charge is -2.26. The number of hydrogen-bond acceptors (Lipinski definition) is 2. The van der Waals surface area contributed by atoms with Crippen LogP contribution in [0, 0.1) is 0 Å². The first-order valence-corrected chi connectivity index (χ1v) is 13.6. The van der Waals surface area contributed by atoms with Gasteiger partial charge >= 0.3 is 0 Å². The largest absolute Gasteiger partial charge is 0.310 e. The van der Waals surface area contributed by atoms with Crippen LogP contribution in [0.5, 0.6) is 0 Å². The van der Waals surface area contributed by atoms with E-state index >= 15 is 0 Å². The number of para-hydroxylation sites is 4. The summed E-state index contributed by atoms with van der Waals surface area (Å²) in [5.74, 6) is 0. The first kappa shape index (κ1) is 23.8. The monoisotopic (exact) mass is 512 g/mol. The Morgan fingerprint density at radius 1 is 0.225 bits per heavy atom. The molecule has 0 aliphatic carbocycles. The van der Waals surface area contributed by atoms with Crippen molar-refractivity contribution in [3.05, 3.63) is 170 Å². The number of hydrogen-bond donors (Lipinski definition) is 0. The van der Waals surface area contributed by atoms with Crippen molar-refractivity contribution in [2.45, 2.75) is 0 Å². The summed E-state index contributed by atoms with van der Waals surface area (Å²) in [5.41, 5.74) is 6.84. The van der Waals surface area contributed by atoms with Crippen molar-refractivity contribution in [1.82, 2.24) is 0 Å². The molecule has 40 heavy (non-hydrogen) atoms. The Labute approximate surface area is 235 Å². The first-order valence-electron chi connectivity index (χ1n) is 13.6. The molecule has 2 heteroatoms.